The highest BCUT2D eigenvalue weighted by Crippen LogP contribution is 2.27. The van der Waals surface area contributed by atoms with E-state index in [2.05, 4.69) is 45.1 Å². The molecule has 0 aromatic heterocycles. The Kier molecular flexibility index (Phi) is 50.5. The highest BCUT2D eigenvalue weighted by molar-refractivity contribution is 5.74. The first-order valence-electron chi connectivity index (χ1n) is 32.3. The number of hydrogen-bond acceptors (Lipinski definition) is 11. The molecular weight excluding hydrogens is 973 g/mol. The summed E-state index contributed by atoms with van der Waals surface area (Å²) in [5, 5.41) is 31.5. The number of rotatable bonds is 56. The first-order valence-corrected chi connectivity index (χ1v) is 32.3. The fourth-order valence-corrected chi connectivity index (χ4v) is 10.0. The van der Waals surface area contributed by atoms with Crippen molar-refractivity contribution in [2.24, 2.45) is 0 Å². The van der Waals surface area contributed by atoms with Gasteiger partial charge in [0.25, 0.3) is 0 Å². The predicted octanol–water partition coefficient (Wildman–Crippen LogP) is 17.0. The normalized spacial score (nSPS) is 18.1. The monoisotopic (exact) mass is 1090 g/mol. The smallest absolute Gasteiger partial charge is 0.335 e. The molecule has 77 heavy (non-hydrogen) atoms. The summed E-state index contributed by atoms with van der Waals surface area (Å²) in [4.78, 5) is 51.1. The third-order valence-corrected chi connectivity index (χ3v) is 15.0. The zero-order valence-corrected chi connectivity index (χ0v) is 49.7. The summed E-state index contributed by atoms with van der Waals surface area (Å²) >= 11 is 0. The lowest BCUT2D eigenvalue weighted by atomic mass is 9.98. The zero-order valence-electron chi connectivity index (χ0n) is 49.7. The maximum atomic E-state index is 13.1. The minimum atomic E-state index is -1.90. The molecule has 0 radical (unpaired) electrons. The van der Waals surface area contributed by atoms with Crippen LogP contribution in [0.1, 0.15) is 316 Å². The molecule has 6 atom stereocenters. The third-order valence-electron chi connectivity index (χ3n) is 15.0. The summed E-state index contributed by atoms with van der Waals surface area (Å²) in [7, 11) is 0. The lowest BCUT2D eigenvalue weighted by Gasteiger charge is -2.40. The lowest BCUT2D eigenvalue weighted by molar-refractivity contribution is -0.301. The minimum Gasteiger partial charge on any atom is -0.479 e. The number of aliphatic hydroxyl groups excluding tert-OH is 2. The molecule has 1 heterocycles. The standard InChI is InChI=1S/C65H118O12/c1-4-7-10-13-16-19-21-23-25-27-29-31-33-35-37-40-42-45-48-51-57(66)73-54-56(75-58(67)52-49-46-43-39-18-15-12-9-6-3)55-74-65-63(61(70)60(69)62(77-65)64(71)72)76-59(68)53-50-47-44-41-38-36-34-32-30-28-26-24-22-20-17-14-11-8-5-2/h16,19,23,25,56,60-63,65,69-70H,4-15,17-18,20-22,24,26-55H2,1-3H3,(H,71,72)/b19-16-,25-23-. The Bertz CT molecular complexity index is 1430. The van der Waals surface area contributed by atoms with E-state index in [1.165, 1.54) is 186 Å². The van der Waals surface area contributed by atoms with Crippen molar-refractivity contribution in [1.82, 2.24) is 0 Å². The number of ether oxygens (including phenoxy) is 5. The van der Waals surface area contributed by atoms with E-state index in [1.54, 1.807) is 0 Å². The second-order valence-corrected chi connectivity index (χ2v) is 22.4. The van der Waals surface area contributed by atoms with E-state index in [1.807, 2.05) is 0 Å². The summed E-state index contributed by atoms with van der Waals surface area (Å²) in [6, 6.07) is 0. The molecule has 1 saturated heterocycles. The largest absolute Gasteiger partial charge is 0.479 e. The van der Waals surface area contributed by atoms with Gasteiger partial charge in [-0.3, -0.25) is 14.4 Å². The van der Waals surface area contributed by atoms with Crippen LogP contribution in [0.15, 0.2) is 24.3 Å². The van der Waals surface area contributed by atoms with Gasteiger partial charge in [-0.1, -0.05) is 270 Å². The van der Waals surface area contributed by atoms with Crippen LogP contribution >= 0.6 is 0 Å². The third kappa shape index (κ3) is 43.7. The van der Waals surface area contributed by atoms with Crippen molar-refractivity contribution in [1.29, 1.82) is 0 Å². The van der Waals surface area contributed by atoms with Crippen LogP contribution in [0, 0.1) is 0 Å². The second kappa shape index (κ2) is 53.8. The Morgan fingerprint density at radius 2 is 0.779 bits per heavy atom. The summed E-state index contributed by atoms with van der Waals surface area (Å²) in [6.45, 7) is 5.99. The maximum Gasteiger partial charge on any atom is 0.335 e. The average Bonchev–Trinajstić information content (AvgIpc) is 3.42. The highest BCUT2D eigenvalue weighted by Gasteiger charge is 2.50. The van der Waals surface area contributed by atoms with Crippen molar-refractivity contribution in [3.05, 3.63) is 24.3 Å². The van der Waals surface area contributed by atoms with Gasteiger partial charge < -0.3 is 39.0 Å². The Morgan fingerprint density at radius 3 is 1.19 bits per heavy atom. The quantitative estimate of drug-likeness (QED) is 0.0228. The van der Waals surface area contributed by atoms with Crippen LogP contribution in [0.2, 0.25) is 0 Å². The van der Waals surface area contributed by atoms with Crippen molar-refractivity contribution >= 4 is 23.9 Å². The molecule has 1 rings (SSSR count). The number of esters is 3. The summed E-state index contributed by atoms with van der Waals surface area (Å²) in [6.07, 6.45) is 50.1. The molecule has 12 heteroatoms. The molecule has 3 N–H and O–H groups in total. The number of aliphatic hydroxyl groups is 2. The molecule has 0 aliphatic carbocycles. The number of carboxylic acid groups (broad SMARTS) is 1. The zero-order chi connectivity index (χ0) is 56.1. The molecule has 1 aliphatic heterocycles. The van der Waals surface area contributed by atoms with Crippen molar-refractivity contribution in [2.75, 3.05) is 13.2 Å². The Labute approximate surface area is 470 Å². The minimum absolute atomic E-state index is 0.0680. The first-order chi connectivity index (χ1) is 37.6. The van der Waals surface area contributed by atoms with Gasteiger partial charge in [0.1, 0.15) is 18.8 Å². The van der Waals surface area contributed by atoms with E-state index in [0.717, 1.165) is 70.6 Å². The van der Waals surface area contributed by atoms with Gasteiger partial charge in [0.2, 0.25) is 0 Å². The van der Waals surface area contributed by atoms with Crippen molar-refractivity contribution in [3.63, 3.8) is 0 Å². The topological polar surface area (TPSA) is 175 Å². The van der Waals surface area contributed by atoms with Gasteiger partial charge in [-0.25, -0.2) is 4.79 Å². The van der Waals surface area contributed by atoms with Gasteiger partial charge in [0, 0.05) is 19.3 Å². The number of carboxylic acids is 1. The summed E-state index contributed by atoms with van der Waals surface area (Å²) in [5.41, 5.74) is 0. The van der Waals surface area contributed by atoms with Crippen LogP contribution in [0.4, 0.5) is 0 Å². The molecule has 6 unspecified atom stereocenters. The van der Waals surface area contributed by atoms with E-state index in [0.29, 0.717) is 19.3 Å². The molecule has 0 spiro atoms. The molecule has 0 amide bonds. The SMILES string of the molecule is CCCCC/C=C\C/C=C\CCCCCCCCCCCC(=O)OCC(COC1OC(C(=O)O)C(O)C(O)C1OC(=O)CCCCCCCCCCCCCCCCCCCCC)OC(=O)CCCCCCCCCCC. The number of hydrogen-bond donors (Lipinski definition) is 3. The predicted molar refractivity (Wildman–Crippen MR) is 313 cm³/mol. The van der Waals surface area contributed by atoms with Crippen LogP contribution in [0.3, 0.4) is 0 Å². The van der Waals surface area contributed by atoms with E-state index in [9.17, 15) is 34.5 Å². The Morgan fingerprint density at radius 1 is 0.429 bits per heavy atom. The molecular formula is C65H118O12. The highest BCUT2D eigenvalue weighted by atomic mass is 16.7. The molecule has 0 aromatic carbocycles. The van der Waals surface area contributed by atoms with Crippen LogP contribution < -0.4 is 0 Å². The maximum absolute atomic E-state index is 13.1. The molecule has 450 valence electrons. The van der Waals surface area contributed by atoms with Gasteiger partial charge in [0.15, 0.2) is 24.6 Å². The molecule has 0 saturated carbocycles. The van der Waals surface area contributed by atoms with Gasteiger partial charge in [0.05, 0.1) is 6.61 Å². The van der Waals surface area contributed by atoms with E-state index in [4.69, 9.17) is 23.7 Å². The van der Waals surface area contributed by atoms with Crippen molar-refractivity contribution in [2.45, 2.75) is 353 Å². The Balaban J connectivity index is 2.57. The summed E-state index contributed by atoms with van der Waals surface area (Å²) < 4.78 is 28.5. The van der Waals surface area contributed by atoms with Gasteiger partial charge in [-0.15, -0.1) is 0 Å². The average molecular weight is 1090 g/mol. The van der Waals surface area contributed by atoms with E-state index >= 15 is 0 Å². The van der Waals surface area contributed by atoms with Gasteiger partial charge in [-0.05, 0) is 51.4 Å². The summed E-state index contributed by atoms with van der Waals surface area (Å²) in [5.74, 6) is -3.09. The van der Waals surface area contributed by atoms with Crippen LogP contribution in [-0.2, 0) is 42.9 Å². The number of aliphatic carboxylic acids is 1. The van der Waals surface area contributed by atoms with Crippen LogP contribution in [0.25, 0.3) is 0 Å². The lowest BCUT2D eigenvalue weighted by Crippen LogP contribution is -2.61. The number of carbonyl (C=O) groups is 4. The number of carbonyl (C=O) groups excluding carboxylic acids is 3. The van der Waals surface area contributed by atoms with Crippen LogP contribution in [0.5, 0.6) is 0 Å². The van der Waals surface area contributed by atoms with Crippen LogP contribution in [-0.4, -0.2) is 89.2 Å². The van der Waals surface area contributed by atoms with Crippen molar-refractivity contribution < 1.29 is 58.2 Å². The van der Waals surface area contributed by atoms with Crippen molar-refractivity contribution in [3.8, 4) is 0 Å². The molecule has 1 fully saturated rings. The molecule has 0 aromatic rings. The number of unbranched alkanes of at least 4 members (excludes halogenated alkanes) is 38. The molecule has 0 bridgehead atoms. The molecule has 12 nitrogen and oxygen atoms in total. The van der Waals surface area contributed by atoms with Gasteiger partial charge in [-0.2, -0.15) is 0 Å². The molecule has 1 aliphatic rings. The number of allylic oxidation sites excluding steroid dienone is 4. The van der Waals surface area contributed by atoms with E-state index < -0.39 is 67.3 Å². The second-order valence-electron chi connectivity index (χ2n) is 22.4. The fourth-order valence-electron chi connectivity index (χ4n) is 10.0. The Hall–Kier alpha value is -2.80. The van der Waals surface area contributed by atoms with E-state index in [-0.39, 0.29) is 25.9 Å². The fraction of sp³-hybridized carbons (Fsp3) is 0.877. The van der Waals surface area contributed by atoms with Gasteiger partial charge >= 0.3 is 23.9 Å². The first kappa shape index (κ1) is 72.2.